The van der Waals surface area contributed by atoms with Crippen LogP contribution in [0.1, 0.15) is 102 Å². The highest BCUT2D eigenvalue weighted by atomic mass is 127. The first-order chi connectivity index (χ1) is 18.7. The van der Waals surface area contributed by atoms with Gasteiger partial charge in [-0.25, -0.2) is 0 Å². The highest BCUT2D eigenvalue weighted by Gasteiger charge is 2.56. The van der Waals surface area contributed by atoms with Crippen LogP contribution in [0.5, 0.6) is 0 Å². The summed E-state index contributed by atoms with van der Waals surface area (Å²) in [6.07, 6.45) is 1.71. The Morgan fingerprint density at radius 1 is 1.03 bits per heavy atom. The van der Waals surface area contributed by atoms with Crippen molar-refractivity contribution in [3.63, 3.8) is 0 Å². The van der Waals surface area contributed by atoms with Crippen LogP contribution in [-0.4, -0.2) is 40.3 Å². The number of hydrogen-bond acceptors (Lipinski definition) is 6. The topological polar surface area (TPSA) is 76.5 Å². The van der Waals surface area contributed by atoms with Crippen LogP contribution < -0.4 is 5.11 Å². The lowest BCUT2D eigenvalue weighted by Gasteiger charge is -2.52. The van der Waals surface area contributed by atoms with Gasteiger partial charge in [-0.15, -0.1) is 0 Å². The first-order valence-corrected chi connectivity index (χ1v) is 15.2. The Balaban J connectivity index is 1.45. The molecule has 10 heteroatoms. The zero-order chi connectivity index (χ0) is 27.0. The quantitative estimate of drug-likeness (QED) is 0.317. The number of aromatic nitrogens is 2. The van der Waals surface area contributed by atoms with Gasteiger partial charge >= 0.3 is 6.18 Å². The largest absolute Gasteiger partial charge is 0.848 e. The number of nitrogens with zero attached hydrogens (tertiary/aromatic N) is 2. The highest BCUT2D eigenvalue weighted by Crippen LogP contribution is 2.60. The average molecular weight is 655 g/mol. The fourth-order valence-corrected chi connectivity index (χ4v) is 8.55. The van der Waals surface area contributed by atoms with Gasteiger partial charge in [0, 0.05) is 49.6 Å². The summed E-state index contributed by atoms with van der Waals surface area (Å²) < 4.78 is 58.5. The van der Waals surface area contributed by atoms with E-state index in [4.69, 9.17) is 19.2 Å². The maximum Gasteiger partial charge on any atom is 0.417 e. The van der Waals surface area contributed by atoms with Crippen LogP contribution in [-0.2, 0) is 32.4 Å². The van der Waals surface area contributed by atoms with Gasteiger partial charge in [0.15, 0.2) is 0 Å². The monoisotopic (exact) mass is 655 g/mol. The van der Waals surface area contributed by atoms with Gasteiger partial charge < -0.3 is 19.3 Å². The Hall–Kier alpha value is -1.34. The molecule has 2 aromatic heterocycles. The summed E-state index contributed by atoms with van der Waals surface area (Å²) in [5, 5.41) is 14.1. The molecular formula is C29H31F3IN2O4-. The van der Waals surface area contributed by atoms with E-state index in [1.165, 1.54) is 6.07 Å². The minimum absolute atomic E-state index is 0.0496. The van der Waals surface area contributed by atoms with Crippen molar-refractivity contribution in [3.05, 3.63) is 57.7 Å². The van der Waals surface area contributed by atoms with Crippen molar-refractivity contribution in [2.45, 2.75) is 85.2 Å². The lowest BCUT2D eigenvalue weighted by molar-refractivity contribution is -0.436. The Kier molecular flexibility index (Phi) is 6.54. The number of pyridine rings is 2. The highest BCUT2D eigenvalue weighted by molar-refractivity contribution is 14.1. The second kappa shape index (κ2) is 9.61. The van der Waals surface area contributed by atoms with E-state index in [1.807, 2.05) is 0 Å². The third kappa shape index (κ3) is 4.26. The molecule has 2 aliphatic carbocycles. The van der Waals surface area contributed by atoms with Gasteiger partial charge in [0.25, 0.3) is 0 Å². The summed E-state index contributed by atoms with van der Waals surface area (Å²) in [7, 11) is 0. The molecule has 210 valence electrons. The first kappa shape index (κ1) is 26.6. The smallest absolute Gasteiger partial charge is 0.417 e. The van der Waals surface area contributed by atoms with Crippen LogP contribution in [0, 0.1) is 5.41 Å². The summed E-state index contributed by atoms with van der Waals surface area (Å²) in [6, 6.07) is 2.49. The molecule has 0 radical (unpaired) electrons. The summed E-state index contributed by atoms with van der Waals surface area (Å²) in [5.41, 5.74) is 3.32. The minimum Gasteiger partial charge on any atom is -0.848 e. The van der Waals surface area contributed by atoms with Crippen molar-refractivity contribution in [3.8, 4) is 0 Å². The third-order valence-corrected chi connectivity index (χ3v) is 11.0. The zero-order valence-electron chi connectivity index (χ0n) is 21.6. The van der Waals surface area contributed by atoms with Crippen LogP contribution in [0.15, 0.2) is 18.3 Å². The molecule has 4 atom stereocenters. The van der Waals surface area contributed by atoms with Crippen molar-refractivity contribution in [1.29, 1.82) is 0 Å². The van der Waals surface area contributed by atoms with E-state index < -0.39 is 29.5 Å². The molecule has 2 saturated heterocycles. The van der Waals surface area contributed by atoms with Crippen LogP contribution in [0.3, 0.4) is 0 Å². The van der Waals surface area contributed by atoms with Crippen molar-refractivity contribution in [2.75, 3.05) is 26.4 Å². The predicted octanol–water partition coefficient (Wildman–Crippen LogP) is 5.45. The Labute approximate surface area is 239 Å². The molecule has 1 saturated carbocycles. The zero-order valence-corrected chi connectivity index (χ0v) is 23.7. The molecule has 3 aliphatic heterocycles. The van der Waals surface area contributed by atoms with E-state index in [2.05, 4.69) is 27.6 Å². The van der Waals surface area contributed by atoms with Gasteiger partial charge in [-0.05, 0) is 60.8 Å². The number of ether oxygens (including phenoxy) is 3. The molecule has 2 spiro atoms. The van der Waals surface area contributed by atoms with E-state index in [0.29, 0.717) is 45.0 Å². The van der Waals surface area contributed by atoms with E-state index in [1.54, 1.807) is 0 Å². The van der Waals surface area contributed by atoms with Crippen molar-refractivity contribution in [1.82, 2.24) is 9.97 Å². The molecule has 4 unspecified atom stereocenters. The van der Waals surface area contributed by atoms with Crippen LogP contribution in [0.25, 0.3) is 0 Å². The second-order valence-corrected chi connectivity index (χ2v) is 13.4. The lowest BCUT2D eigenvalue weighted by Crippen LogP contribution is -2.47. The van der Waals surface area contributed by atoms with Gasteiger partial charge in [-0.2, -0.15) is 13.2 Å². The molecule has 3 fully saturated rings. The maximum absolute atomic E-state index is 14.1. The van der Waals surface area contributed by atoms with Crippen molar-refractivity contribution in [2.24, 2.45) is 5.41 Å². The maximum atomic E-state index is 14.1. The molecule has 0 amide bonds. The van der Waals surface area contributed by atoms with Gasteiger partial charge in [0.05, 0.1) is 27.5 Å². The van der Waals surface area contributed by atoms with E-state index in [9.17, 15) is 18.3 Å². The molecule has 5 heterocycles. The van der Waals surface area contributed by atoms with Crippen LogP contribution in [0.2, 0.25) is 0 Å². The molecule has 6 nitrogen and oxygen atoms in total. The fourth-order valence-electron chi connectivity index (χ4n) is 7.53. The van der Waals surface area contributed by atoms with Crippen molar-refractivity contribution < 1.29 is 32.5 Å². The number of rotatable bonds is 2. The molecular weight excluding hydrogens is 624 g/mol. The number of hydrogen-bond donors (Lipinski definition) is 0. The SMILES string of the molecule is [O-]C1CC2(CCC2)Cc2nc(C3CCOCC3)c3c(c21)C1(CCOCC1I)OC3c1ccc(C(F)(F)F)cn1. The summed E-state index contributed by atoms with van der Waals surface area (Å²) in [6.45, 7) is 2.22. The van der Waals surface area contributed by atoms with Crippen LogP contribution in [0.4, 0.5) is 13.2 Å². The summed E-state index contributed by atoms with van der Waals surface area (Å²) >= 11 is 2.37. The lowest BCUT2D eigenvalue weighted by atomic mass is 9.58. The third-order valence-electron chi connectivity index (χ3n) is 9.67. The molecule has 2 aromatic rings. The van der Waals surface area contributed by atoms with Crippen LogP contribution >= 0.6 is 22.6 Å². The minimum atomic E-state index is -4.48. The number of alkyl halides is 4. The predicted molar refractivity (Wildman–Crippen MR) is 141 cm³/mol. The summed E-state index contributed by atoms with van der Waals surface area (Å²) in [5.74, 6) is 0.130. The normalized spacial score (nSPS) is 32.2. The van der Waals surface area contributed by atoms with E-state index >= 15 is 0 Å². The molecule has 5 aliphatic rings. The van der Waals surface area contributed by atoms with Gasteiger partial charge in [-0.3, -0.25) is 9.97 Å². The molecule has 39 heavy (non-hydrogen) atoms. The molecule has 0 N–H and O–H groups in total. The van der Waals surface area contributed by atoms with Gasteiger partial charge in [0.2, 0.25) is 0 Å². The number of halogens is 4. The Morgan fingerprint density at radius 2 is 1.82 bits per heavy atom. The Bertz CT molecular complexity index is 1260. The van der Waals surface area contributed by atoms with Crippen molar-refractivity contribution >= 4 is 22.6 Å². The second-order valence-electron chi connectivity index (χ2n) is 11.9. The Morgan fingerprint density at radius 3 is 2.46 bits per heavy atom. The average Bonchev–Trinajstić information content (AvgIpc) is 3.24. The van der Waals surface area contributed by atoms with Gasteiger partial charge in [0.1, 0.15) is 11.7 Å². The molecule has 7 rings (SSSR count). The summed E-state index contributed by atoms with van der Waals surface area (Å²) in [4.78, 5) is 9.58. The molecule has 0 aromatic carbocycles. The molecule has 0 bridgehead atoms. The van der Waals surface area contributed by atoms with E-state index in [-0.39, 0.29) is 15.3 Å². The van der Waals surface area contributed by atoms with Gasteiger partial charge in [-0.1, -0.05) is 41.5 Å². The number of fused-ring (bicyclic) bond motifs is 4. The first-order valence-electron chi connectivity index (χ1n) is 13.9. The van der Waals surface area contributed by atoms with E-state index in [0.717, 1.165) is 78.9 Å². The standard InChI is InChI=1S/C29H31F3IN2O4/c30-29(31,32)17-2-3-18(34-14-17)26-23-24(28(39-26)8-11-38-15-21(28)33)22-19(12-27(6-1-7-27)13-20(22)36)35-25(23)16-4-9-37-10-5-16/h2-3,14,16,20-21,26H,1,4-13,15H2/q-1. The fraction of sp³-hybridized carbons (Fsp3) is 0.655.